The van der Waals surface area contributed by atoms with Gasteiger partial charge in [-0.25, -0.2) is 4.98 Å². The number of para-hydroxylation sites is 2. The standard InChI is InChI=1S/C18H20N2/c1-2-3-9-14-20-17-13-8-7-12-16(17)19-18(20)15-10-5-4-6-11-15/h4-8,10-13H,2-3,9,14H2,1H3. The third-order valence-electron chi connectivity index (χ3n) is 3.67. The molecule has 0 atom stereocenters. The van der Waals surface area contributed by atoms with Crippen LogP contribution in [0.5, 0.6) is 0 Å². The average molecular weight is 264 g/mol. The Morgan fingerprint density at radius 3 is 2.45 bits per heavy atom. The second-order valence-electron chi connectivity index (χ2n) is 5.15. The minimum absolute atomic E-state index is 1.04. The summed E-state index contributed by atoms with van der Waals surface area (Å²) in [6, 6.07) is 18.9. The molecule has 2 aromatic carbocycles. The van der Waals surface area contributed by atoms with Gasteiger partial charge >= 0.3 is 0 Å². The number of imidazole rings is 1. The van der Waals surface area contributed by atoms with Crippen molar-refractivity contribution in [2.45, 2.75) is 32.7 Å². The van der Waals surface area contributed by atoms with Gasteiger partial charge in [-0.15, -0.1) is 0 Å². The predicted octanol–water partition coefficient (Wildman–Crippen LogP) is 4.89. The molecule has 102 valence electrons. The van der Waals surface area contributed by atoms with Crippen LogP contribution in [-0.2, 0) is 6.54 Å². The van der Waals surface area contributed by atoms with Crippen molar-refractivity contribution >= 4 is 11.0 Å². The normalized spacial score (nSPS) is 11.1. The van der Waals surface area contributed by atoms with Crippen LogP contribution < -0.4 is 0 Å². The van der Waals surface area contributed by atoms with Gasteiger partial charge in [0.1, 0.15) is 5.82 Å². The summed E-state index contributed by atoms with van der Waals surface area (Å²) < 4.78 is 2.36. The molecule has 0 amide bonds. The maximum absolute atomic E-state index is 4.82. The first-order valence-electron chi connectivity index (χ1n) is 7.41. The van der Waals surface area contributed by atoms with E-state index in [0.717, 1.165) is 17.9 Å². The third-order valence-corrected chi connectivity index (χ3v) is 3.67. The number of benzene rings is 2. The van der Waals surface area contributed by atoms with Crippen molar-refractivity contribution in [3.05, 3.63) is 54.6 Å². The Morgan fingerprint density at radius 2 is 1.65 bits per heavy atom. The van der Waals surface area contributed by atoms with Crippen molar-refractivity contribution in [3.63, 3.8) is 0 Å². The molecule has 0 saturated heterocycles. The highest BCUT2D eigenvalue weighted by molar-refractivity contribution is 5.80. The lowest BCUT2D eigenvalue weighted by Crippen LogP contribution is -2.00. The van der Waals surface area contributed by atoms with Crippen LogP contribution in [0.4, 0.5) is 0 Å². The summed E-state index contributed by atoms with van der Waals surface area (Å²) in [5, 5.41) is 0. The van der Waals surface area contributed by atoms with Gasteiger partial charge in [0, 0.05) is 12.1 Å². The molecule has 0 N–H and O–H groups in total. The minimum Gasteiger partial charge on any atom is -0.324 e. The van der Waals surface area contributed by atoms with Crippen LogP contribution in [0.1, 0.15) is 26.2 Å². The van der Waals surface area contributed by atoms with Crippen LogP contribution in [0.25, 0.3) is 22.4 Å². The molecule has 0 spiro atoms. The molecule has 1 aromatic heterocycles. The summed E-state index contributed by atoms with van der Waals surface area (Å²) >= 11 is 0. The summed E-state index contributed by atoms with van der Waals surface area (Å²) in [6.07, 6.45) is 3.71. The Kier molecular flexibility index (Phi) is 3.82. The van der Waals surface area contributed by atoms with Crippen molar-refractivity contribution in [1.29, 1.82) is 0 Å². The Morgan fingerprint density at radius 1 is 0.900 bits per heavy atom. The van der Waals surface area contributed by atoms with Gasteiger partial charge in [0.15, 0.2) is 0 Å². The lowest BCUT2D eigenvalue weighted by atomic mass is 10.2. The van der Waals surface area contributed by atoms with Crippen LogP contribution in [0.3, 0.4) is 0 Å². The molecule has 0 aliphatic rings. The molecule has 2 heteroatoms. The minimum atomic E-state index is 1.04. The topological polar surface area (TPSA) is 17.8 Å². The zero-order chi connectivity index (χ0) is 13.8. The van der Waals surface area contributed by atoms with Crippen molar-refractivity contribution in [3.8, 4) is 11.4 Å². The van der Waals surface area contributed by atoms with Crippen molar-refractivity contribution in [1.82, 2.24) is 9.55 Å². The fourth-order valence-electron chi connectivity index (χ4n) is 2.63. The molecule has 0 bridgehead atoms. The van der Waals surface area contributed by atoms with E-state index in [-0.39, 0.29) is 0 Å². The first-order chi connectivity index (χ1) is 9.90. The monoisotopic (exact) mass is 264 g/mol. The lowest BCUT2D eigenvalue weighted by Gasteiger charge is -2.09. The fraction of sp³-hybridized carbons (Fsp3) is 0.278. The number of unbranched alkanes of at least 4 members (excludes halogenated alkanes) is 2. The summed E-state index contributed by atoms with van der Waals surface area (Å²) in [6.45, 7) is 3.28. The van der Waals surface area contributed by atoms with Gasteiger partial charge in [-0.2, -0.15) is 0 Å². The maximum atomic E-state index is 4.82. The highest BCUT2D eigenvalue weighted by Crippen LogP contribution is 2.25. The van der Waals surface area contributed by atoms with E-state index < -0.39 is 0 Å². The van der Waals surface area contributed by atoms with Crippen molar-refractivity contribution < 1.29 is 0 Å². The Bertz CT molecular complexity index is 683. The van der Waals surface area contributed by atoms with Gasteiger partial charge in [-0.1, -0.05) is 62.2 Å². The number of fused-ring (bicyclic) bond motifs is 1. The average Bonchev–Trinajstić information content (AvgIpc) is 2.87. The zero-order valence-corrected chi connectivity index (χ0v) is 11.9. The number of aromatic nitrogens is 2. The Balaban J connectivity index is 2.08. The number of hydrogen-bond donors (Lipinski definition) is 0. The van der Waals surface area contributed by atoms with E-state index in [0.29, 0.717) is 0 Å². The lowest BCUT2D eigenvalue weighted by molar-refractivity contribution is 0.617. The summed E-state index contributed by atoms with van der Waals surface area (Å²) in [5.41, 5.74) is 3.52. The molecule has 3 aromatic rings. The van der Waals surface area contributed by atoms with E-state index in [9.17, 15) is 0 Å². The number of nitrogens with zero attached hydrogens (tertiary/aromatic N) is 2. The van der Waals surface area contributed by atoms with E-state index >= 15 is 0 Å². The molecule has 0 radical (unpaired) electrons. The molecule has 3 rings (SSSR count). The molecule has 0 saturated carbocycles. The molecular weight excluding hydrogens is 244 g/mol. The molecule has 0 aliphatic carbocycles. The fourth-order valence-corrected chi connectivity index (χ4v) is 2.63. The largest absolute Gasteiger partial charge is 0.324 e. The number of aryl methyl sites for hydroxylation is 1. The van der Waals surface area contributed by atoms with E-state index in [1.807, 2.05) is 6.07 Å². The zero-order valence-electron chi connectivity index (χ0n) is 11.9. The summed E-state index contributed by atoms with van der Waals surface area (Å²) in [7, 11) is 0. The van der Waals surface area contributed by atoms with Gasteiger partial charge in [-0.05, 0) is 18.6 Å². The smallest absolute Gasteiger partial charge is 0.141 e. The first kappa shape index (κ1) is 12.9. The van der Waals surface area contributed by atoms with E-state index in [2.05, 4.69) is 60.0 Å². The molecule has 20 heavy (non-hydrogen) atoms. The molecule has 0 fully saturated rings. The van der Waals surface area contributed by atoms with Gasteiger partial charge in [0.25, 0.3) is 0 Å². The summed E-state index contributed by atoms with van der Waals surface area (Å²) in [5.74, 6) is 1.09. The Hall–Kier alpha value is -2.09. The predicted molar refractivity (Wildman–Crippen MR) is 84.7 cm³/mol. The molecule has 2 nitrogen and oxygen atoms in total. The molecule has 1 heterocycles. The molecule has 0 aliphatic heterocycles. The highest BCUT2D eigenvalue weighted by atomic mass is 15.1. The Labute approximate surface area is 120 Å². The molecular formula is C18H20N2. The maximum Gasteiger partial charge on any atom is 0.141 e. The van der Waals surface area contributed by atoms with Crippen LogP contribution in [0.15, 0.2) is 54.6 Å². The van der Waals surface area contributed by atoms with Crippen molar-refractivity contribution in [2.24, 2.45) is 0 Å². The van der Waals surface area contributed by atoms with Crippen LogP contribution in [0.2, 0.25) is 0 Å². The SMILES string of the molecule is CCCCCn1c(-c2ccccc2)nc2ccccc21. The van der Waals surface area contributed by atoms with Crippen LogP contribution >= 0.6 is 0 Å². The van der Waals surface area contributed by atoms with Crippen LogP contribution in [-0.4, -0.2) is 9.55 Å². The molecule has 0 unspecified atom stereocenters. The van der Waals surface area contributed by atoms with E-state index in [4.69, 9.17) is 4.98 Å². The van der Waals surface area contributed by atoms with Crippen LogP contribution in [0, 0.1) is 0 Å². The van der Waals surface area contributed by atoms with Gasteiger partial charge in [0.2, 0.25) is 0 Å². The number of hydrogen-bond acceptors (Lipinski definition) is 1. The van der Waals surface area contributed by atoms with E-state index in [1.165, 1.54) is 30.3 Å². The van der Waals surface area contributed by atoms with E-state index in [1.54, 1.807) is 0 Å². The third kappa shape index (κ3) is 2.46. The summed E-state index contributed by atoms with van der Waals surface area (Å²) in [4.78, 5) is 4.82. The second-order valence-corrected chi connectivity index (χ2v) is 5.15. The highest BCUT2D eigenvalue weighted by Gasteiger charge is 2.11. The number of rotatable bonds is 5. The second kappa shape index (κ2) is 5.91. The quantitative estimate of drug-likeness (QED) is 0.600. The first-order valence-corrected chi connectivity index (χ1v) is 7.41. The van der Waals surface area contributed by atoms with Gasteiger partial charge < -0.3 is 4.57 Å². The van der Waals surface area contributed by atoms with Gasteiger partial charge in [0.05, 0.1) is 11.0 Å². The van der Waals surface area contributed by atoms with Crippen molar-refractivity contribution in [2.75, 3.05) is 0 Å². The van der Waals surface area contributed by atoms with Gasteiger partial charge in [-0.3, -0.25) is 0 Å².